The maximum absolute atomic E-state index is 12.0. The fraction of sp³-hybridized carbons (Fsp3) is 0.125. The van der Waals surface area contributed by atoms with Gasteiger partial charge in [0.15, 0.2) is 5.82 Å². The van der Waals surface area contributed by atoms with Crippen LogP contribution >= 0.6 is 34.7 Å². The Hall–Kier alpha value is -1.76. The normalized spacial score (nSPS) is 17.4. The average molecular weight is 362 g/mol. The Bertz CT molecular complexity index is 843. The minimum Gasteiger partial charge on any atom is -0.308 e. The Kier molecular flexibility index (Phi) is 3.88. The summed E-state index contributed by atoms with van der Waals surface area (Å²) in [6, 6.07) is 9.70. The standard InChI is InChI=1S/C16H12ClN3OS2/c17-11-1-3-12(4-2-11)20-9-18-16-14(20)15(10-5-6-22-7-10)23-8-13(21)19-16/h1-7,9,15H,8H2,(H,19,21)/t15-/m1/s1. The van der Waals surface area contributed by atoms with Gasteiger partial charge in [0.05, 0.1) is 16.7 Å². The maximum Gasteiger partial charge on any atom is 0.235 e. The van der Waals surface area contributed by atoms with E-state index in [1.807, 2.05) is 28.8 Å². The Morgan fingerprint density at radius 1 is 1.26 bits per heavy atom. The highest BCUT2D eigenvalue weighted by Crippen LogP contribution is 2.42. The van der Waals surface area contributed by atoms with Crippen molar-refractivity contribution in [1.82, 2.24) is 9.55 Å². The summed E-state index contributed by atoms with van der Waals surface area (Å²) >= 11 is 9.26. The molecule has 0 fully saturated rings. The summed E-state index contributed by atoms with van der Waals surface area (Å²) in [5.74, 6) is 1.03. The summed E-state index contributed by atoms with van der Waals surface area (Å²) in [5.41, 5.74) is 3.15. The van der Waals surface area contributed by atoms with E-state index in [1.54, 1.807) is 29.4 Å². The zero-order chi connectivity index (χ0) is 15.8. The zero-order valence-electron chi connectivity index (χ0n) is 11.9. The second-order valence-corrected chi connectivity index (χ2v) is 7.43. The van der Waals surface area contributed by atoms with Crippen LogP contribution in [-0.2, 0) is 4.79 Å². The summed E-state index contributed by atoms with van der Waals surface area (Å²) in [7, 11) is 0. The number of hydrogen-bond acceptors (Lipinski definition) is 4. The highest BCUT2D eigenvalue weighted by atomic mass is 35.5. The summed E-state index contributed by atoms with van der Waals surface area (Å²) in [6.45, 7) is 0. The number of aromatic nitrogens is 2. The van der Waals surface area contributed by atoms with Crippen molar-refractivity contribution in [1.29, 1.82) is 0 Å². The number of amides is 1. The molecule has 1 amide bonds. The highest BCUT2D eigenvalue weighted by molar-refractivity contribution is 8.00. The van der Waals surface area contributed by atoms with Gasteiger partial charge < -0.3 is 5.32 Å². The SMILES string of the molecule is O=C1CS[C@H](c2ccsc2)c2c(ncn2-c2ccc(Cl)cc2)N1. The minimum absolute atomic E-state index is 0.0182. The number of rotatable bonds is 2. The lowest BCUT2D eigenvalue weighted by molar-refractivity contribution is -0.113. The van der Waals surface area contributed by atoms with E-state index in [1.165, 1.54) is 5.56 Å². The Morgan fingerprint density at radius 2 is 2.09 bits per heavy atom. The van der Waals surface area contributed by atoms with Crippen LogP contribution in [0.5, 0.6) is 0 Å². The van der Waals surface area contributed by atoms with Crippen LogP contribution in [0.3, 0.4) is 0 Å². The van der Waals surface area contributed by atoms with Gasteiger partial charge in [0, 0.05) is 10.7 Å². The van der Waals surface area contributed by atoms with E-state index in [9.17, 15) is 4.79 Å². The van der Waals surface area contributed by atoms with Gasteiger partial charge in [0.1, 0.15) is 6.33 Å². The van der Waals surface area contributed by atoms with Crippen LogP contribution in [0.1, 0.15) is 16.5 Å². The van der Waals surface area contributed by atoms with Crippen LogP contribution < -0.4 is 5.32 Å². The van der Waals surface area contributed by atoms with Crippen molar-refractivity contribution in [3.63, 3.8) is 0 Å². The molecule has 3 aromatic rings. The first-order valence-corrected chi connectivity index (χ1v) is 9.36. The smallest absolute Gasteiger partial charge is 0.235 e. The average Bonchev–Trinajstić information content (AvgIpc) is 3.17. The third-order valence-corrected chi connectivity index (χ3v) is 5.85. The van der Waals surface area contributed by atoms with Crippen LogP contribution in [0, 0.1) is 0 Å². The third-order valence-electron chi connectivity index (χ3n) is 3.64. The second-order valence-electron chi connectivity index (χ2n) is 5.12. The number of hydrogen-bond donors (Lipinski definition) is 1. The number of carbonyl (C=O) groups excluding carboxylic acids is 1. The monoisotopic (exact) mass is 361 g/mol. The van der Waals surface area contributed by atoms with Gasteiger partial charge in [0.2, 0.25) is 5.91 Å². The number of nitrogens with zero attached hydrogens (tertiary/aromatic N) is 2. The number of benzene rings is 1. The number of halogens is 1. The lowest BCUT2D eigenvalue weighted by atomic mass is 10.1. The quantitative estimate of drug-likeness (QED) is 0.737. The topological polar surface area (TPSA) is 46.9 Å². The van der Waals surface area contributed by atoms with Crippen LogP contribution in [-0.4, -0.2) is 21.2 Å². The third kappa shape index (κ3) is 2.78. The molecule has 0 bridgehead atoms. The van der Waals surface area contributed by atoms with Gasteiger partial charge in [-0.15, -0.1) is 11.8 Å². The van der Waals surface area contributed by atoms with Gasteiger partial charge in [-0.1, -0.05) is 11.6 Å². The molecule has 7 heteroatoms. The molecular formula is C16H12ClN3OS2. The number of imidazole rings is 1. The van der Waals surface area contributed by atoms with Crippen LogP contribution in [0.2, 0.25) is 5.02 Å². The molecule has 116 valence electrons. The molecule has 0 saturated carbocycles. The van der Waals surface area contributed by atoms with Gasteiger partial charge in [-0.2, -0.15) is 11.3 Å². The van der Waals surface area contributed by atoms with E-state index in [0.29, 0.717) is 16.6 Å². The van der Waals surface area contributed by atoms with Gasteiger partial charge in [-0.05, 0) is 46.7 Å². The molecule has 4 rings (SSSR count). The molecule has 1 aliphatic rings. The van der Waals surface area contributed by atoms with Crippen molar-refractivity contribution in [3.05, 3.63) is 63.7 Å². The zero-order valence-corrected chi connectivity index (χ0v) is 14.3. The summed E-state index contributed by atoms with van der Waals surface area (Å²) in [6.07, 6.45) is 1.75. The summed E-state index contributed by atoms with van der Waals surface area (Å²) in [5, 5.41) is 7.83. The molecule has 1 atom stereocenters. The van der Waals surface area contributed by atoms with E-state index in [2.05, 4.69) is 27.1 Å². The number of thiophene rings is 1. The lowest BCUT2D eigenvalue weighted by Gasteiger charge is -2.16. The molecule has 1 aromatic carbocycles. The summed E-state index contributed by atoms with van der Waals surface area (Å²) in [4.78, 5) is 16.4. The number of nitrogens with one attached hydrogen (secondary N) is 1. The van der Waals surface area contributed by atoms with Crippen LogP contribution in [0.25, 0.3) is 5.69 Å². The van der Waals surface area contributed by atoms with Crippen molar-refractivity contribution in [2.45, 2.75) is 5.25 Å². The van der Waals surface area contributed by atoms with Gasteiger partial charge >= 0.3 is 0 Å². The molecular weight excluding hydrogens is 350 g/mol. The summed E-state index contributed by atoms with van der Waals surface area (Å²) < 4.78 is 2.02. The van der Waals surface area contributed by atoms with E-state index < -0.39 is 0 Å². The number of fused-ring (bicyclic) bond motifs is 1. The molecule has 1 N–H and O–H groups in total. The molecule has 0 unspecified atom stereocenters. The highest BCUT2D eigenvalue weighted by Gasteiger charge is 2.29. The lowest BCUT2D eigenvalue weighted by Crippen LogP contribution is -2.12. The first-order valence-electron chi connectivity index (χ1n) is 6.99. The van der Waals surface area contributed by atoms with Crippen molar-refractivity contribution >= 4 is 46.4 Å². The molecule has 23 heavy (non-hydrogen) atoms. The maximum atomic E-state index is 12.0. The first-order chi connectivity index (χ1) is 11.2. The van der Waals surface area contributed by atoms with E-state index >= 15 is 0 Å². The number of thioether (sulfide) groups is 1. The fourth-order valence-corrected chi connectivity index (χ4v) is 4.61. The Morgan fingerprint density at radius 3 is 2.83 bits per heavy atom. The molecule has 3 heterocycles. The van der Waals surface area contributed by atoms with Gasteiger partial charge in [-0.3, -0.25) is 9.36 Å². The molecule has 0 spiro atoms. The van der Waals surface area contributed by atoms with E-state index in [0.717, 1.165) is 11.4 Å². The van der Waals surface area contributed by atoms with Crippen molar-refractivity contribution in [2.75, 3.05) is 11.1 Å². The van der Waals surface area contributed by atoms with Crippen molar-refractivity contribution in [2.24, 2.45) is 0 Å². The molecule has 0 radical (unpaired) electrons. The van der Waals surface area contributed by atoms with Crippen molar-refractivity contribution in [3.8, 4) is 5.69 Å². The van der Waals surface area contributed by atoms with Crippen LogP contribution in [0.4, 0.5) is 5.82 Å². The predicted octanol–water partition coefficient (Wildman–Crippen LogP) is 4.36. The van der Waals surface area contributed by atoms with Gasteiger partial charge in [0.25, 0.3) is 0 Å². The fourth-order valence-electron chi connectivity index (χ4n) is 2.60. The van der Waals surface area contributed by atoms with Gasteiger partial charge in [-0.25, -0.2) is 4.98 Å². The largest absolute Gasteiger partial charge is 0.308 e. The first kappa shape index (κ1) is 14.8. The van der Waals surface area contributed by atoms with Crippen LogP contribution in [0.15, 0.2) is 47.4 Å². The molecule has 4 nitrogen and oxygen atoms in total. The molecule has 0 saturated heterocycles. The Balaban J connectivity index is 1.87. The molecule has 1 aliphatic heterocycles. The molecule has 0 aliphatic carbocycles. The Labute approximate surface area is 146 Å². The van der Waals surface area contributed by atoms with E-state index in [4.69, 9.17) is 11.6 Å². The second kappa shape index (κ2) is 6.03. The minimum atomic E-state index is -0.0182. The predicted molar refractivity (Wildman–Crippen MR) is 95.8 cm³/mol. The van der Waals surface area contributed by atoms with Crippen molar-refractivity contribution < 1.29 is 4.79 Å². The number of anilines is 1. The molecule has 2 aromatic heterocycles. The van der Waals surface area contributed by atoms with E-state index in [-0.39, 0.29) is 11.2 Å². The number of carbonyl (C=O) groups is 1.